The third-order valence-electron chi connectivity index (χ3n) is 4.59. The fraction of sp³-hybridized carbons (Fsp3) is 0.444. The molecule has 1 N–H and O–H groups in total. The van der Waals surface area contributed by atoms with Gasteiger partial charge in [-0.25, -0.2) is 14.5 Å². The molecule has 136 valence electrons. The Morgan fingerprint density at radius 1 is 1.23 bits per heavy atom. The molecule has 4 heterocycles. The fourth-order valence-electron chi connectivity index (χ4n) is 3.43. The number of rotatable bonds is 3. The van der Waals surface area contributed by atoms with Crippen molar-refractivity contribution in [3.8, 4) is 0 Å². The Morgan fingerprint density at radius 2 is 2.04 bits per heavy atom. The van der Waals surface area contributed by atoms with Gasteiger partial charge in [0.25, 0.3) is 5.56 Å². The first-order valence-electron chi connectivity index (χ1n) is 8.72. The van der Waals surface area contributed by atoms with E-state index in [4.69, 9.17) is 4.74 Å². The number of H-pyrrole nitrogens is 1. The average Bonchev–Trinajstić information content (AvgIpc) is 2.97. The Balaban J connectivity index is 1.56. The first kappa shape index (κ1) is 16.9. The van der Waals surface area contributed by atoms with Gasteiger partial charge in [0.2, 0.25) is 0 Å². The molecule has 0 aliphatic carbocycles. The SMILES string of the molecule is Cc1cc(=O)[nH]c([C@H]2CN(Cc3cnn4c(C)cc(C)nc34)CCO2)n1. The lowest BCUT2D eigenvalue weighted by Crippen LogP contribution is -2.39. The molecule has 8 nitrogen and oxygen atoms in total. The Hall–Kier alpha value is -2.58. The lowest BCUT2D eigenvalue weighted by Gasteiger charge is -2.32. The monoisotopic (exact) mass is 354 g/mol. The van der Waals surface area contributed by atoms with E-state index >= 15 is 0 Å². The van der Waals surface area contributed by atoms with E-state index in [1.165, 1.54) is 6.07 Å². The number of morpholine rings is 1. The van der Waals surface area contributed by atoms with Crippen LogP contribution in [-0.4, -0.2) is 49.2 Å². The molecule has 3 aromatic rings. The lowest BCUT2D eigenvalue weighted by atomic mass is 10.2. The molecule has 1 atom stereocenters. The molecule has 1 fully saturated rings. The topological polar surface area (TPSA) is 88.4 Å². The van der Waals surface area contributed by atoms with Crippen molar-refractivity contribution < 1.29 is 4.74 Å². The summed E-state index contributed by atoms with van der Waals surface area (Å²) in [6.45, 7) is 8.64. The van der Waals surface area contributed by atoms with Gasteiger partial charge in [0, 0.05) is 48.3 Å². The van der Waals surface area contributed by atoms with Crippen LogP contribution < -0.4 is 5.56 Å². The van der Waals surface area contributed by atoms with Crippen molar-refractivity contribution >= 4 is 5.65 Å². The standard InChI is InChI=1S/C18H22N6O2/c1-11-6-13(3)24-18(21-11)14(8-19-24)9-23-4-5-26-15(10-23)17-20-12(2)7-16(25)22-17/h6-8,15H,4-5,9-10H2,1-3H3,(H,20,22,25)/t15-/m1/s1. The summed E-state index contributed by atoms with van der Waals surface area (Å²) in [5.74, 6) is 0.587. The maximum atomic E-state index is 11.7. The predicted molar refractivity (Wildman–Crippen MR) is 96.0 cm³/mol. The Morgan fingerprint density at radius 3 is 2.85 bits per heavy atom. The Kier molecular flexibility index (Phi) is 4.29. The summed E-state index contributed by atoms with van der Waals surface area (Å²) in [5.41, 5.74) is 4.59. The van der Waals surface area contributed by atoms with Crippen molar-refractivity contribution in [1.29, 1.82) is 0 Å². The third kappa shape index (κ3) is 3.25. The first-order valence-corrected chi connectivity index (χ1v) is 8.72. The molecule has 0 bridgehead atoms. The summed E-state index contributed by atoms with van der Waals surface area (Å²) in [7, 11) is 0. The summed E-state index contributed by atoms with van der Waals surface area (Å²) >= 11 is 0. The van der Waals surface area contributed by atoms with E-state index in [0.717, 1.165) is 35.7 Å². The normalized spacial score (nSPS) is 18.5. The average molecular weight is 354 g/mol. The molecule has 0 saturated carbocycles. The number of nitrogens with zero attached hydrogens (tertiary/aromatic N) is 5. The fourth-order valence-corrected chi connectivity index (χ4v) is 3.43. The highest BCUT2D eigenvalue weighted by molar-refractivity contribution is 5.47. The molecule has 1 aliphatic heterocycles. The van der Waals surface area contributed by atoms with E-state index in [0.29, 0.717) is 24.7 Å². The van der Waals surface area contributed by atoms with Crippen LogP contribution in [0.15, 0.2) is 23.1 Å². The zero-order valence-corrected chi connectivity index (χ0v) is 15.2. The van der Waals surface area contributed by atoms with Gasteiger partial charge >= 0.3 is 0 Å². The van der Waals surface area contributed by atoms with Crippen LogP contribution in [0, 0.1) is 20.8 Å². The van der Waals surface area contributed by atoms with Crippen LogP contribution in [0.25, 0.3) is 5.65 Å². The number of aromatic amines is 1. The Labute approximate surface area is 150 Å². The number of hydrogen-bond acceptors (Lipinski definition) is 6. The van der Waals surface area contributed by atoms with Crippen LogP contribution in [-0.2, 0) is 11.3 Å². The summed E-state index contributed by atoms with van der Waals surface area (Å²) in [6.07, 6.45) is 1.64. The molecular weight excluding hydrogens is 332 g/mol. The number of aromatic nitrogens is 5. The third-order valence-corrected chi connectivity index (χ3v) is 4.59. The molecule has 4 rings (SSSR count). The molecule has 1 saturated heterocycles. The molecule has 0 radical (unpaired) electrons. The number of hydrogen-bond donors (Lipinski definition) is 1. The van der Waals surface area contributed by atoms with Crippen molar-refractivity contribution in [3.63, 3.8) is 0 Å². The molecule has 8 heteroatoms. The van der Waals surface area contributed by atoms with Gasteiger partial charge in [-0.3, -0.25) is 9.69 Å². The molecule has 0 spiro atoms. The van der Waals surface area contributed by atoms with Crippen molar-refractivity contribution in [2.45, 2.75) is 33.4 Å². The minimum atomic E-state index is -0.241. The zero-order chi connectivity index (χ0) is 18.3. The number of fused-ring (bicyclic) bond motifs is 1. The minimum Gasteiger partial charge on any atom is -0.368 e. The smallest absolute Gasteiger partial charge is 0.251 e. The van der Waals surface area contributed by atoms with Crippen LogP contribution in [0.1, 0.15) is 34.6 Å². The van der Waals surface area contributed by atoms with Crippen molar-refractivity contribution in [3.05, 3.63) is 57.2 Å². The van der Waals surface area contributed by atoms with Crippen molar-refractivity contribution in [1.82, 2.24) is 29.5 Å². The van der Waals surface area contributed by atoms with E-state index in [-0.39, 0.29) is 11.7 Å². The second kappa shape index (κ2) is 6.62. The van der Waals surface area contributed by atoms with Gasteiger partial charge < -0.3 is 9.72 Å². The minimum absolute atomic E-state index is 0.147. The Bertz CT molecular complexity index is 1010. The van der Waals surface area contributed by atoms with Gasteiger partial charge in [-0.05, 0) is 26.8 Å². The molecule has 0 amide bonds. The highest BCUT2D eigenvalue weighted by Crippen LogP contribution is 2.21. The molecule has 26 heavy (non-hydrogen) atoms. The highest BCUT2D eigenvalue weighted by Gasteiger charge is 2.25. The van der Waals surface area contributed by atoms with Gasteiger partial charge in [-0.1, -0.05) is 0 Å². The van der Waals surface area contributed by atoms with Crippen LogP contribution in [0.5, 0.6) is 0 Å². The predicted octanol–water partition coefficient (Wildman–Crippen LogP) is 1.31. The van der Waals surface area contributed by atoms with Gasteiger partial charge in [0.15, 0.2) is 5.65 Å². The quantitative estimate of drug-likeness (QED) is 0.763. The van der Waals surface area contributed by atoms with Gasteiger partial charge in [0.05, 0.1) is 12.8 Å². The van der Waals surface area contributed by atoms with Gasteiger partial charge in [-0.2, -0.15) is 5.10 Å². The van der Waals surface area contributed by atoms with Gasteiger partial charge in [-0.15, -0.1) is 0 Å². The summed E-state index contributed by atoms with van der Waals surface area (Å²) < 4.78 is 7.71. The van der Waals surface area contributed by atoms with Crippen LogP contribution >= 0.6 is 0 Å². The molecular formula is C18H22N6O2. The van der Waals surface area contributed by atoms with Crippen LogP contribution in [0.4, 0.5) is 0 Å². The number of nitrogens with one attached hydrogen (secondary N) is 1. The zero-order valence-electron chi connectivity index (χ0n) is 15.2. The van der Waals surface area contributed by atoms with E-state index in [2.05, 4.69) is 25.0 Å². The van der Waals surface area contributed by atoms with Crippen LogP contribution in [0.2, 0.25) is 0 Å². The van der Waals surface area contributed by atoms with Crippen molar-refractivity contribution in [2.24, 2.45) is 0 Å². The van der Waals surface area contributed by atoms with E-state index < -0.39 is 0 Å². The highest BCUT2D eigenvalue weighted by atomic mass is 16.5. The second-order valence-corrected chi connectivity index (χ2v) is 6.81. The van der Waals surface area contributed by atoms with Crippen LogP contribution in [0.3, 0.4) is 0 Å². The lowest BCUT2D eigenvalue weighted by molar-refractivity contribution is -0.0373. The van der Waals surface area contributed by atoms with E-state index in [9.17, 15) is 4.79 Å². The molecule has 1 aliphatic rings. The van der Waals surface area contributed by atoms with Gasteiger partial charge in [0.1, 0.15) is 11.9 Å². The van der Waals surface area contributed by atoms with E-state index in [1.54, 1.807) is 0 Å². The number of aryl methyl sites for hydroxylation is 3. The largest absolute Gasteiger partial charge is 0.368 e. The summed E-state index contributed by atoms with van der Waals surface area (Å²) in [4.78, 5) is 25.9. The second-order valence-electron chi connectivity index (χ2n) is 6.81. The summed E-state index contributed by atoms with van der Waals surface area (Å²) in [6, 6.07) is 3.51. The number of ether oxygens (including phenoxy) is 1. The molecule has 3 aromatic heterocycles. The van der Waals surface area contributed by atoms with E-state index in [1.807, 2.05) is 37.5 Å². The summed E-state index contributed by atoms with van der Waals surface area (Å²) in [5, 5.41) is 4.46. The first-order chi connectivity index (χ1) is 12.5. The molecule has 0 unspecified atom stereocenters. The maximum absolute atomic E-state index is 11.7. The maximum Gasteiger partial charge on any atom is 0.251 e. The van der Waals surface area contributed by atoms with Crippen molar-refractivity contribution in [2.75, 3.05) is 19.7 Å². The molecule has 0 aromatic carbocycles.